The second-order valence-electron chi connectivity index (χ2n) is 5.91. The summed E-state index contributed by atoms with van der Waals surface area (Å²) in [7, 11) is 4.30. The number of benzene rings is 1. The first-order chi connectivity index (χ1) is 10.0. The fourth-order valence-electron chi connectivity index (χ4n) is 3.01. The van der Waals surface area contributed by atoms with Crippen LogP contribution in [0.5, 0.6) is 0 Å². The Hall–Kier alpha value is -0.680. The van der Waals surface area contributed by atoms with Gasteiger partial charge in [-0.3, -0.25) is 4.90 Å². The number of nitrogens with one attached hydrogen (secondary N) is 1. The molecule has 0 aliphatic carbocycles. The maximum atomic E-state index is 14.1. The van der Waals surface area contributed by atoms with E-state index in [1.54, 1.807) is 12.1 Å². The third kappa shape index (κ3) is 4.39. The molecule has 21 heavy (non-hydrogen) atoms. The number of halogens is 2. The minimum atomic E-state index is -0.211. The van der Waals surface area contributed by atoms with Gasteiger partial charge in [-0.25, -0.2) is 4.39 Å². The van der Waals surface area contributed by atoms with Crippen LogP contribution in [-0.2, 0) is 6.42 Å². The maximum absolute atomic E-state index is 14.1. The molecule has 1 aliphatic heterocycles. The van der Waals surface area contributed by atoms with Crippen molar-refractivity contribution in [1.29, 1.82) is 0 Å². The number of rotatable bonds is 5. The van der Waals surface area contributed by atoms with Crippen LogP contribution in [0.1, 0.15) is 12.5 Å². The molecule has 1 N–H and O–H groups in total. The summed E-state index contributed by atoms with van der Waals surface area (Å²) < 4.78 is 14.1. The molecule has 2 rings (SSSR count). The van der Waals surface area contributed by atoms with Gasteiger partial charge in [0.1, 0.15) is 5.82 Å². The fraction of sp³-hybridized carbons (Fsp3) is 0.625. The van der Waals surface area contributed by atoms with Crippen LogP contribution in [0.15, 0.2) is 18.2 Å². The first-order valence-electron chi connectivity index (χ1n) is 7.57. The Bertz CT molecular complexity index is 469. The Kier molecular flexibility index (Phi) is 5.99. The van der Waals surface area contributed by atoms with E-state index in [9.17, 15) is 4.39 Å². The van der Waals surface area contributed by atoms with E-state index in [2.05, 4.69) is 36.1 Å². The highest BCUT2D eigenvalue weighted by Crippen LogP contribution is 2.19. The minimum absolute atomic E-state index is 0.211. The van der Waals surface area contributed by atoms with Crippen molar-refractivity contribution >= 4 is 11.6 Å². The number of piperazine rings is 1. The Morgan fingerprint density at radius 2 is 2.14 bits per heavy atom. The highest BCUT2D eigenvalue weighted by molar-refractivity contribution is 6.30. The lowest BCUT2D eigenvalue weighted by Crippen LogP contribution is -2.59. The van der Waals surface area contributed by atoms with Gasteiger partial charge in [0.05, 0.1) is 0 Å². The lowest BCUT2D eigenvalue weighted by Gasteiger charge is -2.42. The summed E-state index contributed by atoms with van der Waals surface area (Å²) in [6.07, 6.45) is 0.680. The molecule has 1 heterocycles. The second kappa shape index (κ2) is 7.54. The average molecular weight is 314 g/mol. The van der Waals surface area contributed by atoms with E-state index >= 15 is 0 Å². The zero-order valence-corrected chi connectivity index (χ0v) is 13.8. The normalized spacial score (nSPS) is 22.4. The van der Waals surface area contributed by atoms with E-state index in [1.165, 1.54) is 6.07 Å². The van der Waals surface area contributed by atoms with Crippen molar-refractivity contribution < 1.29 is 4.39 Å². The predicted molar refractivity (Wildman–Crippen MR) is 86.5 cm³/mol. The van der Waals surface area contributed by atoms with E-state index in [1.807, 2.05) is 0 Å². The molecule has 2 atom stereocenters. The molecule has 1 saturated heterocycles. The lowest BCUT2D eigenvalue weighted by atomic mass is 9.96. The SMILES string of the molecule is CCNC(Cc1ccc(Cl)cc1F)C1CN(C)CCN1C. The molecule has 0 bridgehead atoms. The summed E-state index contributed by atoms with van der Waals surface area (Å²) in [6, 6.07) is 5.59. The summed E-state index contributed by atoms with van der Waals surface area (Å²) in [6.45, 7) is 6.11. The molecule has 1 aromatic rings. The van der Waals surface area contributed by atoms with Gasteiger partial charge in [-0.1, -0.05) is 24.6 Å². The standard InChI is InChI=1S/C16H25ClFN3/c1-4-19-15(16-11-20(2)7-8-21(16)3)9-12-5-6-13(17)10-14(12)18/h5-6,10,15-16,19H,4,7-9,11H2,1-3H3. The smallest absolute Gasteiger partial charge is 0.127 e. The summed E-state index contributed by atoms with van der Waals surface area (Å²) in [5.74, 6) is -0.211. The summed E-state index contributed by atoms with van der Waals surface area (Å²) >= 11 is 5.84. The Balaban J connectivity index is 2.14. The number of hydrogen-bond acceptors (Lipinski definition) is 3. The highest BCUT2D eigenvalue weighted by Gasteiger charge is 2.29. The largest absolute Gasteiger partial charge is 0.312 e. The van der Waals surface area contributed by atoms with Crippen molar-refractivity contribution in [2.45, 2.75) is 25.4 Å². The Labute approximate surface area is 132 Å². The van der Waals surface area contributed by atoms with Crippen molar-refractivity contribution in [3.63, 3.8) is 0 Å². The molecule has 0 aromatic heterocycles. The monoisotopic (exact) mass is 313 g/mol. The molecule has 0 spiro atoms. The lowest BCUT2D eigenvalue weighted by molar-refractivity contribution is 0.0878. The predicted octanol–water partition coefficient (Wildman–Crippen LogP) is 2.25. The third-order valence-corrected chi connectivity index (χ3v) is 4.52. The van der Waals surface area contributed by atoms with E-state index in [4.69, 9.17) is 11.6 Å². The van der Waals surface area contributed by atoms with Crippen molar-refractivity contribution in [1.82, 2.24) is 15.1 Å². The van der Waals surface area contributed by atoms with Crippen LogP contribution in [0.3, 0.4) is 0 Å². The van der Waals surface area contributed by atoms with Gasteiger partial charge in [-0.2, -0.15) is 0 Å². The molecule has 1 aliphatic rings. The van der Waals surface area contributed by atoms with Crippen LogP contribution in [0.4, 0.5) is 4.39 Å². The fourth-order valence-corrected chi connectivity index (χ4v) is 3.17. The summed E-state index contributed by atoms with van der Waals surface area (Å²) in [5, 5.41) is 3.98. The minimum Gasteiger partial charge on any atom is -0.312 e. The van der Waals surface area contributed by atoms with Crippen LogP contribution in [0, 0.1) is 5.82 Å². The van der Waals surface area contributed by atoms with Gasteiger partial charge in [0.25, 0.3) is 0 Å². The van der Waals surface area contributed by atoms with Gasteiger partial charge in [0, 0.05) is 36.7 Å². The van der Waals surface area contributed by atoms with Crippen LogP contribution in [0.25, 0.3) is 0 Å². The molecule has 1 fully saturated rings. The highest BCUT2D eigenvalue weighted by atomic mass is 35.5. The molecule has 2 unspecified atom stereocenters. The Morgan fingerprint density at radius 3 is 2.81 bits per heavy atom. The topological polar surface area (TPSA) is 18.5 Å². The Morgan fingerprint density at radius 1 is 1.38 bits per heavy atom. The van der Waals surface area contributed by atoms with Gasteiger partial charge in [0.15, 0.2) is 0 Å². The van der Waals surface area contributed by atoms with Gasteiger partial charge in [0.2, 0.25) is 0 Å². The first kappa shape index (κ1) is 16.7. The van der Waals surface area contributed by atoms with E-state index in [0.717, 1.165) is 31.7 Å². The zero-order chi connectivity index (χ0) is 15.4. The summed E-state index contributed by atoms with van der Waals surface area (Å²) in [4.78, 5) is 4.72. The van der Waals surface area contributed by atoms with E-state index < -0.39 is 0 Å². The third-order valence-electron chi connectivity index (χ3n) is 4.29. The van der Waals surface area contributed by atoms with Crippen LogP contribution < -0.4 is 5.32 Å². The molecular formula is C16H25ClFN3. The van der Waals surface area contributed by atoms with Gasteiger partial charge >= 0.3 is 0 Å². The number of nitrogens with zero attached hydrogens (tertiary/aromatic N) is 2. The quantitative estimate of drug-likeness (QED) is 0.899. The van der Waals surface area contributed by atoms with Gasteiger partial charge < -0.3 is 10.2 Å². The number of likely N-dealkylation sites (N-methyl/N-ethyl adjacent to an activating group) is 3. The van der Waals surface area contributed by atoms with Crippen molar-refractivity contribution in [2.24, 2.45) is 0 Å². The second-order valence-corrected chi connectivity index (χ2v) is 6.35. The van der Waals surface area contributed by atoms with Gasteiger partial charge in [-0.15, -0.1) is 0 Å². The maximum Gasteiger partial charge on any atom is 0.127 e. The van der Waals surface area contributed by atoms with E-state index in [-0.39, 0.29) is 11.9 Å². The molecule has 1 aromatic carbocycles. The van der Waals surface area contributed by atoms with Crippen LogP contribution >= 0.6 is 11.6 Å². The zero-order valence-electron chi connectivity index (χ0n) is 13.1. The molecule has 5 heteroatoms. The molecule has 3 nitrogen and oxygen atoms in total. The van der Waals surface area contributed by atoms with Crippen molar-refractivity contribution in [2.75, 3.05) is 40.3 Å². The molecular weight excluding hydrogens is 289 g/mol. The van der Waals surface area contributed by atoms with Crippen LogP contribution in [0.2, 0.25) is 5.02 Å². The molecule has 0 amide bonds. The van der Waals surface area contributed by atoms with Crippen LogP contribution in [-0.4, -0.2) is 62.2 Å². The van der Waals surface area contributed by atoms with Crippen molar-refractivity contribution in [3.05, 3.63) is 34.6 Å². The molecule has 118 valence electrons. The van der Waals surface area contributed by atoms with Crippen molar-refractivity contribution in [3.8, 4) is 0 Å². The number of hydrogen-bond donors (Lipinski definition) is 1. The first-order valence-corrected chi connectivity index (χ1v) is 7.95. The molecule has 0 radical (unpaired) electrons. The van der Waals surface area contributed by atoms with E-state index in [0.29, 0.717) is 17.5 Å². The molecule has 0 saturated carbocycles. The average Bonchev–Trinajstić information content (AvgIpc) is 2.44. The summed E-state index contributed by atoms with van der Waals surface area (Å²) in [5.41, 5.74) is 0.729. The van der Waals surface area contributed by atoms with Gasteiger partial charge in [-0.05, 0) is 44.8 Å².